The lowest BCUT2D eigenvalue weighted by molar-refractivity contribution is 0.161. The van der Waals surface area contributed by atoms with Crippen LogP contribution in [0.4, 0.5) is 0 Å². The molecule has 1 aromatic heterocycles. The fourth-order valence-corrected chi connectivity index (χ4v) is 1.82. The molecule has 1 heterocycles. The van der Waals surface area contributed by atoms with Gasteiger partial charge in [-0.15, -0.1) is 0 Å². The van der Waals surface area contributed by atoms with Crippen molar-refractivity contribution in [2.24, 2.45) is 0 Å². The van der Waals surface area contributed by atoms with Gasteiger partial charge in [-0.05, 0) is 17.7 Å². The number of aliphatic hydroxyl groups excluding tert-OH is 1. The molecule has 2 rings (SSSR count). The summed E-state index contributed by atoms with van der Waals surface area (Å²) in [7, 11) is 1.66. The smallest absolute Gasteiger partial charge is 0.0915 e. The van der Waals surface area contributed by atoms with Crippen molar-refractivity contribution < 1.29 is 9.84 Å². The lowest BCUT2D eigenvalue weighted by Crippen LogP contribution is -2.24. The normalized spacial score (nSPS) is 12.8. The van der Waals surface area contributed by atoms with Crippen LogP contribution in [0.3, 0.4) is 0 Å². The van der Waals surface area contributed by atoms with E-state index in [9.17, 15) is 5.11 Å². The van der Waals surface area contributed by atoms with E-state index in [1.807, 2.05) is 30.3 Å². The number of benzene rings is 1. The van der Waals surface area contributed by atoms with Crippen LogP contribution in [-0.2, 0) is 4.74 Å². The van der Waals surface area contributed by atoms with Crippen molar-refractivity contribution in [2.75, 3.05) is 26.8 Å². The minimum Gasteiger partial charge on any atom is -0.387 e. The molecule has 1 unspecified atom stereocenters. The van der Waals surface area contributed by atoms with E-state index in [0.29, 0.717) is 13.2 Å². The van der Waals surface area contributed by atoms with Gasteiger partial charge in [0.15, 0.2) is 0 Å². The molecule has 0 spiro atoms. The molecule has 0 saturated carbocycles. The number of aromatic nitrogens is 1. The number of hydrogen-bond donors (Lipinski definition) is 2. The summed E-state index contributed by atoms with van der Waals surface area (Å²) in [5.41, 5.74) is 1.79. The first-order valence-electron chi connectivity index (χ1n) is 6.03. The van der Waals surface area contributed by atoms with Crippen molar-refractivity contribution in [3.8, 4) is 0 Å². The van der Waals surface area contributed by atoms with Gasteiger partial charge in [0.1, 0.15) is 0 Å². The number of nitrogens with one attached hydrogen (secondary N) is 1. The van der Waals surface area contributed by atoms with Gasteiger partial charge in [-0.3, -0.25) is 4.98 Å². The number of methoxy groups -OCH3 is 1. The highest BCUT2D eigenvalue weighted by molar-refractivity contribution is 5.78. The van der Waals surface area contributed by atoms with Crippen LogP contribution in [0, 0.1) is 0 Å². The molecule has 4 heteroatoms. The van der Waals surface area contributed by atoms with Gasteiger partial charge in [-0.1, -0.05) is 18.2 Å². The highest BCUT2D eigenvalue weighted by Gasteiger charge is 2.07. The third-order valence-corrected chi connectivity index (χ3v) is 2.84. The minimum atomic E-state index is -0.520. The third-order valence-electron chi connectivity index (χ3n) is 2.84. The highest BCUT2D eigenvalue weighted by Crippen LogP contribution is 2.18. The van der Waals surface area contributed by atoms with Gasteiger partial charge in [-0.25, -0.2) is 0 Å². The molecule has 2 N–H and O–H groups in total. The van der Waals surface area contributed by atoms with Crippen LogP contribution < -0.4 is 5.32 Å². The van der Waals surface area contributed by atoms with Crippen molar-refractivity contribution in [1.29, 1.82) is 0 Å². The topological polar surface area (TPSA) is 54.4 Å². The molecule has 18 heavy (non-hydrogen) atoms. The Hall–Kier alpha value is -1.49. The van der Waals surface area contributed by atoms with E-state index in [2.05, 4.69) is 10.3 Å². The molecule has 0 aliphatic heterocycles. The minimum absolute atomic E-state index is 0.516. The van der Waals surface area contributed by atoms with E-state index >= 15 is 0 Å². The molecule has 0 aliphatic carbocycles. The highest BCUT2D eigenvalue weighted by atomic mass is 16.5. The van der Waals surface area contributed by atoms with Crippen LogP contribution in [0.1, 0.15) is 11.7 Å². The summed E-state index contributed by atoms with van der Waals surface area (Å²) in [6.07, 6.45) is 1.24. The van der Waals surface area contributed by atoms with Gasteiger partial charge in [0, 0.05) is 31.8 Å². The first-order chi connectivity index (χ1) is 8.81. The zero-order chi connectivity index (χ0) is 12.8. The maximum atomic E-state index is 10.0. The van der Waals surface area contributed by atoms with Crippen LogP contribution in [0.5, 0.6) is 0 Å². The zero-order valence-corrected chi connectivity index (χ0v) is 10.5. The molecular weight excluding hydrogens is 228 g/mol. The number of fused-ring (bicyclic) bond motifs is 1. The largest absolute Gasteiger partial charge is 0.387 e. The number of aliphatic hydroxyl groups is 1. The Labute approximate surface area is 107 Å². The summed E-state index contributed by atoms with van der Waals surface area (Å²) in [4.78, 5) is 4.28. The predicted octanol–water partition coefficient (Wildman–Crippen LogP) is 1.50. The first kappa shape index (κ1) is 13.0. The van der Waals surface area contributed by atoms with Gasteiger partial charge < -0.3 is 15.2 Å². The number of nitrogens with zero attached hydrogens (tertiary/aromatic N) is 1. The van der Waals surface area contributed by atoms with Crippen molar-refractivity contribution in [1.82, 2.24) is 10.3 Å². The number of ether oxygens (including phenoxy) is 1. The van der Waals surface area contributed by atoms with Crippen molar-refractivity contribution in [3.63, 3.8) is 0 Å². The molecule has 1 aromatic carbocycles. The molecular formula is C14H18N2O2. The molecule has 0 saturated heterocycles. The maximum Gasteiger partial charge on any atom is 0.0915 e. The Bertz CT molecular complexity index is 502. The van der Waals surface area contributed by atoms with Crippen LogP contribution in [0.25, 0.3) is 10.9 Å². The van der Waals surface area contributed by atoms with Gasteiger partial charge >= 0.3 is 0 Å². The predicted molar refractivity (Wildman–Crippen MR) is 71.4 cm³/mol. The fourth-order valence-electron chi connectivity index (χ4n) is 1.82. The van der Waals surface area contributed by atoms with E-state index in [1.165, 1.54) is 0 Å². The summed E-state index contributed by atoms with van der Waals surface area (Å²) in [5, 5.41) is 14.3. The molecule has 0 radical (unpaired) electrons. The standard InChI is InChI=1S/C14H18N2O2/c1-18-8-7-15-10-14(17)12-5-4-11-3-2-6-16-13(11)9-12/h2-6,9,14-15,17H,7-8,10H2,1H3. The average molecular weight is 246 g/mol. The van der Waals surface area contributed by atoms with Crippen LogP contribution in [0.15, 0.2) is 36.5 Å². The summed E-state index contributed by atoms with van der Waals surface area (Å²) < 4.78 is 4.93. The average Bonchev–Trinajstić information content (AvgIpc) is 2.43. The molecule has 2 aromatic rings. The number of pyridine rings is 1. The second kappa shape index (κ2) is 6.44. The van der Waals surface area contributed by atoms with E-state index in [4.69, 9.17) is 4.74 Å². The van der Waals surface area contributed by atoms with Crippen LogP contribution >= 0.6 is 0 Å². The second-order valence-electron chi connectivity index (χ2n) is 4.17. The number of hydrogen-bond acceptors (Lipinski definition) is 4. The fraction of sp³-hybridized carbons (Fsp3) is 0.357. The molecule has 0 bridgehead atoms. The second-order valence-corrected chi connectivity index (χ2v) is 4.17. The lowest BCUT2D eigenvalue weighted by atomic mass is 10.1. The molecule has 1 atom stereocenters. The Morgan fingerprint density at radius 2 is 2.28 bits per heavy atom. The van der Waals surface area contributed by atoms with Crippen LogP contribution in [0.2, 0.25) is 0 Å². The molecule has 96 valence electrons. The molecule has 0 fully saturated rings. The monoisotopic (exact) mass is 246 g/mol. The SMILES string of the molecule is COCCNCC(O)c1ccc2cccnc2c1. The third kappa shape index (κ3) is 3.26. The van der Waals surface area contributed by atoms with Gasteiger partial charge in [0.05, 0.1) is 18.2 Å². The maximum absolute atomic E-state index is 10.0. The molecule has 0 aliphatic rings. The Morgan fingerprint density at radius 1 is 1.39 bits per heavy atom. The van der Waals surface area contributed by atoms with Crippen molar-refractivity contribution >= 4 is 10.9 Å². The molecule has 0 amide bonds. The van der Waals surface area contributed by atoms with Crippen molar-refractivity contribution in [3.05, 3.63) is 42.1 Å². The van der Waals surface area contributed by atoms with Gasteiger partial charge in [-0.2, -0.15) is 0 Å². The quantitative estimate of drug-likeness (QED) is 0.758. The summed E-state index contributed by atoms with van der Waals surface area (Å²) >= 11 is 0. The van der Waals surface area contributed by atoms with Gasteiger partial charge in [0.25, 0.3) is 0 Å². The van der Waals surface area contributed by atoms with E-state index in [1.54, 1.807) is 13.3 Å². The number of rotatable bonds is 6. The van der Waals surface area contributed by atoms with Crippen molar-refractivity contribution in [2.45, 2.75) is 6.10 Å². The van der Waals surface area contributed by atoms with E-state index < -0.39 is 6.10 Å². The molecule has 4 nitrogen and oxygen atoms in total. The van der Waals surface area contributed by atoms with Crippen LogP contribution in [-0.4, -0.2) is 36.9 Å². The van der Waals surface area contributed by atoms with Gasteiger partial charge in [0.2, 0.25) is 0 Å². The first-order valence-corrected chi connectivity index (χ1v) is 6.03. The lowest BCUT2D eigenvalue weighted by Gasteiger charge is -2.12. The summed E-state index contributed by atoms with van der Waals surface area (Å²) in [6.45, 7) is 1.90. The Morgan fingerprint density at radius 3 is 3.11 bits per heavy atom. The zero-order valence-electron chi connectivity index (χ0n) is 10.5. The Kier molecular flexibility index (Phi) is 4.64. The summed E-state index contributed by atoms with van der Waals surface area (Å²) in [5.74, 6) is 0. The summed E-state index contributed by atoms with van der Waals surface area (Å²) in [6, 6.07) is 9.76. The Balaban J connectivity index is 2.01. The van der Waals surface area contributed by atoms with E-state index in [0.717, 1.165) is 23.0 Å². The van der Waals surface area contributed by atoms with E-state index in [-0.39, 0.29) is 0 Å².